The maximum absolute atomic E-state index is 5.67. The number of nitrogens with two attached hydrogens (primary N) is 1. The highest BCUT2D eigenvalue weighted by atomic mass is 16.5. The Morgan fingerprint density at radius 1 is 1.05 bits per heavy atom. The molecule has 0 spiro atoms. The van der Waals surface area contributed by atoms with Crippen LogP contribution in [0.3, 0.4) is 0 Å². The SMILES string of the molecule is COc1ccc(-c2cc3cc(CN)ccc3[nH]2)cc1. The molecule has 0 radical (unpaired) electrons. The number of aromatic nitrogens is 1. The van der Waals surface area contributed by atoms with E-state index in [2.05, 4.69) is 29.2 Å². The Bertz CT molecular complexity index is 698. The molecular weight excluding hydrogens is 236 g/mol. The molecule has 0 saturated heterocycles. The van der Waals surface area contributed by atoms with Gasteiger partial charge in [-0.15, -0.1) is 0 Å². The summed E-state index contributed by atoms with van der Waals surface area (Å²) in [7, 11) is 1.67. The van der Waals surface area contributed by atoms with Crippen LogP contribution in [0.4, 0.5) is 0 Å². The summed E-state index contributed by atoms with van der Waals surface area (Å²) in [5.41, 5.74) is 10.2. The molecular formula is C16H16N2O. The number of fused-ring (bicyclic) bond motifs is 1. The Hall–Kier alpha value is -2.26. The van der Waals surface area contributed by atoms with E-state index >= 15 is 0 Å². The second kappa shape index (κ2) is 4.78. The average Bonchev–Trinajstić information content (AvgIpc) is 2.90. The van der Waals surface area contributed by atoms with Gasteiger partial charge in [-0.1, -0.05) is 6.07 Å². The van der Waals surface area contributed by atoms with Gasteiger partial charge in [0.2, 0.25) is 0 Å². The Kier molecular flexibility index (Phi) is 2.97. The summed E-state index contributed by atoms with van der Waals surface area (Å²) >= 11 is 0. The van der Waals surface area contributed by atoms with Gasteiger partial charge in [0.15, 0.2) is 0 Å². The quantitative estimate of drug-likeness (QED) is 0.751. The second-order valence-corrected chi connectivity index (χ2v) is 4.54. The molecule has 96 valence electrons. The van der Waals surface area contributed by atoms with Crippen molar-refractivity contribution in [2.75, 3.05) is 7.11 Å². The lowest BCUT2D eigenvalue weighted by molar-refractivity contribution is 0.415. The predicted octanol–water partition coefficient (Wildman–Crippen LogP) is 3.30. The van der Waals surface area contributed by atoms with E-state index in [0.717, 1.165) is 28.1 Å². The average molecular weight is 252 g/mol. The van der Waals surface area contributed by atoms with Gasteiger partial charge < -0.3 is 15.5 Å². The third-order valence-electron chi connectivity index (χ3n) is 3.32. The number of aromatic amines is 1. The number of nitrogens with one attached hydrogen (secondary N) is 1. The molecule has 3 rings (SSSR count). The minimum absolute atomic E-state index is 0.568. The molecule has 0 atom stereocenters. The largest absolute Gasteiger partial charge is 0.497 e. The first-order chi connectivity index (χ1) is 9.30. The number of rotatable bonds is 3. The van der Waals surface area contributed by atoms with Crippen molar-refractivity contribution in [2.24, 2.45) is 5.73 Å². The summed E-state index contributed by atoms with van der Waals surface area (Å²) in [6.45, 7) is 0.568. The first-order valence-corrected chi connectivity index (χ1v) is 6.26. The lowest BCUT2D eigenvalue weighted by atomic mass is 10.1. The molecule has 3 N–H and O–H groups in total. The molecule has 0 amide bonds. The van der Waals surface area contributed by atoms with Gasteiger partial charge in [0.25, 0.3) is 0 Å². The van der Waals surface area contributed by atoms with Gasteiger partial charge in [-0.25, -0.2) is 0 Å². The minimum Gasteiger partial charge on any atom is -0.497 e. The lowest BCUT2D eigenvalue weighted by Crippen LogP contribution is -1.94. The van der Waals surface area contributed by atoms with Crippen molar-refractivity contribution in [3.05, 3.63) is 54.1 Å². The highest BCUT2D eigenvalue weighted by molar-refractivity contribution is 5.86. The zero-order chi connectivity index (χ0) is 13.2. The molecule has 0 fully saturated rings. The number of ether oxygens (including phenoxy) is 1. The van der Waals surface area contributed by atoms with Gasteiger partial charge >= 0.3 is 0 Å². The van der Waals surface area contributed by atoms with Crippen LogP contribution in [0.2, 0.25) is 0 Å². The van der Waals surface area contributed by atoms with Gasteiger partial charge in [0.1, 0.15) is 5.75 Å². The van der Waals surface area contributed by atoms with Crippen LogP contribution in [0.15, 0.2) is 48.5 Å². The van der Waals surface area contributed by atoms with E-state index in [9.17, 15) is 0 Å². The Balaban J connectivity index is 2.04. The van der Waals surface area contributed by atoms with Crippen molar-refractivity contribution < 1.29 is 4.74 Å². The standard InChI is InChI=1S/C16H16N2O/c1-19-14-5-3-12(4-6-14)16-9-13-8-11(10-17)2-7-15(13)18-16/h2-9,18H,10,17H2,1H3. The molecule has 0 aliphatic heterocycles. The van der Waals surface area contributed by atoms with Crippen molar-refractivity contribution in [2.45, 2.75) is 6.54 Å². The Morgan fingerprint density at radius 2 is 1.84 bits per heavy atom. The molecule has 0 aliphatic carbocycles. The summed E-state index contributed by atoms with van der Waals surface area (Å²) in [5.74, 6) is 0.866. The van der Waals surface area contributed by atoms with Gasteiger partial charge in [-0.2, -0.15) is 0 Å². The summed E-state index contributed by atoms with van der Waals surface area (Å²) in [6, 6.07) is 16.4. The van der Waals surface area contributed by atoms with E-state index in [4.69, 9.17) is 10.5 Å². The van der Waals surface area contributed by atoms with Crippen LogP contribution in [-0.2, 0) is 6.54 Å². The molecule has 0 saturated carbocycles. The molecule has 0 aliphatic rings. The molecule has 3 heteroatoms. The summed E-state index contributed by atoms with van der Waals surface area (Å²) in [5, 5.41) is 1.19. The summed E-state index contributed by atoms with van der Waals surface area (Å²) < 4.78 is 5.17. The predicted molar refractivity (Wildman–Crippen MR) is 78.2 cm³/mol. The first kappa shape index (κ1) is 11.8. The molecule has 1 aromatic heterocycles. The summed E-state index contributed by atoms with van der Waals surface area (Å²) in [6.07, 6.45) is 0. The van der Waals surface area contributed by atoms with Crippen molar-refractivity contribution in [1.29, 1.82) is 0 Å². The van der Waals surface area contributed by atoms with Crippen LogP contribution in [0, 0.1) is 0 Å². The fourth-order valence-corrected chi connectivity index (χ4v) is 2.24. The second-order valence-electron chi connectivity index (χ2n) is 4.54. The smallest absolute Gasteiger partial charge is 0.118 e. The maximum atomic E-state index is 5.67. The van der Waals surface area contributed by atoms with E-state index in [1.54, 1.807) is 7.11 Å². The Labute approximate surface area is 112 Å². The number of methoxy groups -OCH3 is 1. The van der Waals surface area contributed by atoms with Gasteiger partial charge in [-0.05, 0) is 53.6 Å². The molecule has 0 unspecified atom stereocenters. The topological polar surface area (TPSA) is 51.0 Å². The van der Waals surface area contributed by atoms with E-state index in [1.165, 1.54) is 5.39 Å². The molecule has 0 bridgehead atoms. The highest BCUT2D eigenvalue weighted by Gasteiger charge is 2.04. The lowest BCUT2D eigenvalue weighted by Gasteiger charge is -2.01. The van der Waals surface area contributed by atoms with Crippen LogP contribution in [0.25, 0.3) is 22.2 Å². The van der Waals surface area contributed by atoms with Crippen molar-refractivity contribution in [1.82, 2.24) is 4.98 Å². The third-order valence-corrected chi connectivity index (χ3v) is 3.32. The number of H-pyrrole nitrogens is 1. The molecule has 2 aromatic carbocycles. The fraction of sp³-hybridized carbons (Fsp3) is 0.125. The molecule has 1 heterocycles. The normalized spacial score (nSPS) is 10.8. The van der Waals surface area contributed by atoms with Crippen LogP contribution < -0.4 is 10.5 Å². The van der Waals surface area contributed by atoms with Crippen LogP contribution in [-0.4, -0.2) is 12.1 Å². The number of hydrogen-bond acceptors (Lipinski definition) is 2. The fourth-order valence-electron chi connectivity index (χ4n) is 2.24. The van der Waals surface area contributed by atoms with Gasteiger partial charge in [0, 0.05) is 23.1 Å². The monoisotopic (exact) mass is 252 g/mol. The van der Waals surface area contributed by atoms with E-state index in [0.29, 0.717) is 6.54 Å². The third kappa shape index (κ3) is 2.20. The Morgan fingerprint density at radius 3 is 2.53 bits per heavy atom. The molecule has 3 aromatic rings. The van der Waals surface area contributed by atoms with Crippen molar-refractivity contribution in [3.8, 4) is 17.0 Å². The summed E-state index contributed by atoms with van der Waals surface area (Å²) in [4.78, 5) is 3.42. The number of benzene rings is 2. The molecule has 3 nitrogen and oxygen atoms in total. The van der Waals surface area contributed by atoms with Gasteiger partial charge in [-0.3, -0.25) is 0 Å². The van der Waals surface area contributed by atoms with E-state index in [1.807, 2.05) is 24.3 Å². The van der Waals surface area contributed by atoms with Gasteiger partial charge in [0.05, 0.1) is 7.11 Å². The highest BCUT2D eigenvalue weighted by Crippen LogP contribution is 2.26. The molecule has 19 heavy (non-hydrogen) atoms. The maximum Gasteiger partial charge on any atom is 0.118 e. The zero-order valence-corrected chi connectivity index (χ0v) is 10.8. The van der Waals surface area contributed by atoms with E-state index in [-0.39, 0.29) is 0 Å². The van der Waals surface area contributed by atoms with Crippen molar-refractivity contribution >= 4 is 10.9 Å². The first-order valence-electron chi connectivity index (χ1n) is 6.26. The zero-order valence-electron chi connectivity index (χ0n) is 10.8. The number of hydrogen-bond donors (Lipinski definition) is 2. The van der Waals surface area contributed by atoms with Crippen LogP contribution in [0.5, 0.6) is 5.75 Å². The minimum atomic E-state index is 0.568. The van der Waals surface area contributed by atoms with Crippen molar-refractivity contribution in [3.63, 3.8) is 0 Å². The van der Waals surface area contributed by atoms with Crippen LogP contribution >= 0.6 is 0 Å². The van der Waals surface area contributed by atoms with E-state index < -0.39 is 0 Å². The van der Waals surface area contributed by atoms with Crippen LogP contribution in [0.1, 0.15) is 5.56 Å².